The minimum atomic E-state index is -1.50. The predicted octanol–water partition coefficient (Wildman–Crippen LogP) is -4.58. The fourth-order valence-electron chi connectivity index (χ4n) is 0. The van der Waals surface area contributed by atoms with Crippen molar-refractivity contribution in [2.24, 2.45) is 0 Å². The molecule has 8 heavy (non-hydrogen) atoms. The third-order valence-corrected chi connectivity index (χ3v) is 0. The zero-order chi connectivity index (χ0) is 4.71. The monoisotopic (exact) mass is 159 g/mol. The molecule has 0 fully saturated rings. The van der Waals surface area contributed by atoms with Gasteiger partial charge in [-0.05, 0) is 0 Å². The van der Waals surface area contributed by atoms with Crippen LogP contribution in [0.15, 0.2) is 0 Å². The van der Waals surface area contributed by atoms with E-state index in [-0.39, 0.29) is 14.9 Å². The van der Waals surface area contributed by atoms with E-state index in [2.05, 4.69) is 0 Å². The van der Waals surface area contributed by atoms with Crippen molar-refractivity contribution in [3.63, 3.8) is 0 Å². The summed E-state index contributed by atoms with van der Waals surface area (Å²) in [6.45, 7) is 0. The van der Waals surface area contributed by atoms with Crippen LogP contribution in [0.5, 0.6) is 0 Å². The molecule has 0 atom stereocenters. The molecule has 0 aromatic rings. The van der Waals surface area contributed by atoms with Crippen LogP contribution in [-0.4, -0.2) is 41.3 Å². The molecule has 0 aromatic carbocycles. The average Bonchev–Trinajstić information content (AvgIpc) is 1.46. The fraction of sp³-hybridized carbons (Fsp3) is 0. The van der Waals surface area contributed by atoms with Crippen LogP contribution >= 0.6 is 0 Å². The molecule has 49 valence electrons. The average molecular weight is 159 g/mol. The third kappa shape index (κ3) is 2160. The summed E-state index contributed by atoms with van der Waals surface area (Å²) in [5, 5.41) is 0. The number of hydrogen-bond acceptors (Lipinski definition) is 3. The van der Waals surface area contributed by atoms with Crippen molar-refractivity contribution in [1.29, 1.82) is 0 Å². The second-order valence-electron chi connectivity index (χ2n) is 0.105. The summed E-state index contributed by atoms with van der Waals surface area (Å²) in [5.74, 6) is 0. The van der Waals surface area contributed by atoms with Crippen LogP contribution in [-0.2, 0) is 7.61 Å². The number of hydrogen-bond donors (Lipinski definition) is 1. The zero-order valence-corrected chi connectivity index (χ0v) is 5.96. The Morgan fingerprint density at radius 1 is 1.38 bits per heavy atom. The van der Waals surface area contributed by atoms with Gasteiger partial charge in [0.15, 0.2) is 0 Å². The number of halogens is 2. The molecule has 1 radical (unpaired) electrons. The molecule has 0 aromatic heterocycles. The van der Waals surface area contributed by atoms with Crippen LogP contribution in [0, 0.1) is 0 Å². The predicted molar refractivity (Wildman–Crippen MR) is 19.5 cm³/mol. The number of rotatable bonds is 0. The first-order chi connectivity index (χ1) is 2.41. The van der Waals surface area contributed by atoms with E-state index in [9.17, 15) is 0 Å². The molecule has 0 unspecified atom stereocenters. The minimum absolute atomic E-state index is 0. The van der Waals surface area contributed by atoms with Gasteiger partial charge in [0.1, 0.15) is 0 Å². The standard InChI is InChI=1S/2Al.2FH.2H2O.2O/h;;2*1H;2*1H2;;/q;+1;;;;;;/p-3. The second-order valence-corrected chi connectivity index (χ2v) is 0.316. The van der Waals surface area contributed by atoms with E-state index in [4.69, 9.17) is 11.8 Å². The summed E-state index contributed by atoms with van der Waals surface area (Å²) in [6.07, 6.45) is 0. The Hall–Kier alpha value is 0.285. The molecule has 8 heteroatoms. The van der Waals surface area contributed by atoms with Gasteiger partial charge in [-0.3, -0.25) is 4.70 Å². The molecule has 0 aliphatic rings. The molecular weight excluding hydrogens is 156 g/mol. The van der Waals surface area contributed by atoms with Gasteiger partial charge in [0.2, 0.25) is 0 Å². The van der Waals surface area contributed by atoms with Crippen molar-refractivity contribution in [2.45, 2.75) is 0 Å². The van der Waals surface area contributed by atoms with Gasteiger partial charge in [0, 0.05) is 0 Å². The van der Waals surface area contributed by atoms with E-state index < -0.39 is 15.5 Å². The summed E-state index contributed by atoms with van der Waals surface area (Å²) < 4.78 is 23.8. The summed E-state index contributed by atoms with van der Waals surface area (Å²) in [6, 6.07) is 0. The summed E-state index contributed by atoms with van der Waals surface area (Å²) in [4.78, 5) is 0. The van der Waals surface area contributed by atoms with Crippen molar-refractivity contribution in [2.75, 3.05) is 0 Å². The Morgan fingerprint density at radius 2 is 1.38 bits per heavy atom. The molecular formula is H3Al2F2O4-2. The first-order valence-corrected chi connectivity index (χ1v) is 2.19. The first-order valence-electron chi connectivity index (χ1n) is 0.730. The van der Waals surface area contributed by atoms with E-state index >= 15 is 0 Å². The van der Waals surface area contributed by atoms with Gasteiger partial charge in [-0.1, -0.05) is 0 Å². The van der Waals surface area contributed by atoms with Crippen LogP contribution in [0.25, 0.3) is 0 Å². The molecule has 0 spiro atoms. The van der Waals surface area contributed by atoms with Crippen molar-refractivity contribution >= 4 is 31.7 Å². The SMILES string of the molecule is F.[F-].[OH-].[O]=[Al].[O]=[Al][OH]. The Balaban J connectivity index is -0.00000000567. The molecule has 0 aliphatic carbocycles. The Bertz CT molecular complexity index is 26.0. The van der Waals surface area contributed by atoms with Gasteiger partial charge in [-0.15, -0.1) is 0 Å². The van der Waals surface area contributed by atoms with Crippen molar-refractivity contribution < 1.29 is 26.6 Å². The maximum atomic E-state index is 8.57. The quantitative estimate of drug-likeness (QED) is 0.360. The fourth-order valence-corrected chi connectivity index (χ4v) is 0. The summed E-state index contributed by atoms with van der Waals surface area (Å²) in [7, 11) is 0. The van der Waals surface area contributed by atoms with E-state index in [1.54, 1.807) is 0 Å². The molecule has 0 saturated heterocycles. The second kappa shape index (κ2) is 174. The van der Waals surface area contributed by atoms with Crippen LogP contribution in [0.1, 0.15) is 0 Å². The zero-order valence-electron chi connectivity index (χ0n) is 3.65. The van der Waals surface area contributed by atoms with E-state index in [1.807, 2.05) is 0 Å². The molecule has 0 aliphatic heterocycles. The molecule has 0 heterocycles. The van der Waals surface area contributed by atoms with Crippen molar-refractivity contribution in [1.82, 2.24) is 0 Å². The molecule has 0 saturated carbocycles. The maximum absolute atomic E-state index is 8.57. The molecule has 0 bridgehead atoms. The van der Waals surface area contributed by atoms with Gasteiger partial charge in [-0.2, -0.15) is 0 Å². The van der Waals surface area contributed by atoms with Crippen LogP contribution in [0.3, 0.4) is 0 Å². The molecule has 0 amide bonds. The van der Waals surface area contributed by atoms with Crippen LogP contribution in [0.2, 0.25) is 0 Å². The Labute approximate surface area is 58.8 Å². The van der Waals surface area contributed by atoms with Gasteiger partial charge in [0.05, 0.1) is 0 Å². The van der Waals surface area contributed by atoms with E-state index in [0.29, 0.717) is 0 Å². The first kappa shape index (κ1) is 40.7. The van der Waals surface area contributed by atoms with Gasteiger partial charge in [0.25, 0.3) is 0 Å². The van der Waals surface area contributed by atoms with Crippen LogP contribution < -0.4 is 4.70 Å². The summed E-state index contributed by atoms with van der Waals surface area (Å²) >= 11 is -0.333. The van der Waals surface area contributed by atoms with Gasteiger partial charge in [-0.25, -0.2) is 0 Å². The third-order valence-electron chi connectivity index (χ3n) is 0. The summed E-state index contributed by atoms with van der Waals surface area (Å²) in [5.41, 5.74) is 0. The molecule has 2 N–H and O–H groups in total. The van der Waals surface area contributed by atoms with Gasteiger partial charge >= 0.3 is 43.5 Å². The van der Waals surface area contributed by atoms with Crippen molar-refractivity contribution in [3.05, 3.63) is 0 Å². The van der Waals surface area contributed by atoms with E-state index in [0.717, 1.165) is 0 Å². The normalized spacial score (nSPS) is 1.38. The van der Waals surface area contributed by atoms with Gasteiger partial charge < -0.3 is 10.2 Å². The molecule has 4 nitrogen and oxygen atoms in total. The topological polar surface area (TPSA) is 84.4 Å². The Kier molecular flexibility index (Phi) is 888. The Morgan fingerprint density at radius 3 is 1.38 bits per heavy atom. The molecule has 0 rings (SSSR count). The van der Waals surface area contributed by atoms with E-state index in [1.165, 1.54) is 16.2 Å². The van der Waals surface area contributed by atoms with Crippen LogP contribution in [0.4, 0.5) is 4.70 Å². The van der Waals surface area contributed by atoms with Crippen molar-refractivity contribution in [3.8, 4) is 0 Å².